The van der Waals surface area contributed by atoms with Crippen molar-refractivity contribution >= 4 is 35.9 Å². The lowest BCUT2D eigenvalue weighted by atomic mass is 9.84. The minimum atomic E-state index is -0.649. The zero-order valence-electron chi connectivity index (χ0n) is 16.2. The summed E-state index contributed by atoms with van der Waals surface area (Å²) in [5, 5.41) is 0. The first-order chi connectivity index (χ1) is 12.6. The molecule has 2 unspecified atom stereocenters. The van der Waals surface area contributed by atoms with Crippen LogP contribution in [0.4, 0.5) is 4.39 Å². The van der Waals surface area contributed by atoms with Gasteiger partial charge in [-0.05, 0) is 62.1 Å². The van der Waals surface area contributed by atoms with Crippen LogP contribution in [0.25, 0.3) is 0 Å². The first-order valence-electron chi connectivity index (χ1n) is 9.78. The smallest absolute Gasteiger partial charge is 0.340 e. The van der Waals surface area contributed by atoms with Crippen LogP contribution in [0.5, 0.6) is 0 Å². The molecule has 2 saturated heterocycles. The highest BCUT2D eigenvalue weighted by Gasteiger charge is 2.47. The van der Waals surface area contributed by atoms with Gasteiger partial charge in [0, 0.05) is 18.0 Å². The molecular formula is C21H29FINO3. The number of nitrogens with zero attached hydrogens (tertiary/aromatic N) is 1. The predicted molar refractivity (Wildman–Crippen MR) is 113 cm³/mol. The third kappa shape index (κ3) is 4.46. The number of ether oxygens (including phenoxy) is 1. The molecule has 3 aliphatic rings. The van der Waals surface area contributed by atoms with Crippen LogP contribution in [0.15, 0.2) is 18.2 Å². The zero-order valence-corrected chi connectivity index (χ0v) is 18.6. The maximum Gasteiger partial charge on any atom is 0.340 e. The molecule has 0 N–H and O–H groups in total. The van der Waals surface area contributed by atoms with Gasteiger partial charge in [0.1, 0.15) is 5.82 Å². The molecule has 2 heterocycles. The first kappa shape index (κ1) is 22.1. The van der Waals surface area contributed by atoms with E-state index in [0.717, 1.165) is 44.1 Å². The van der Waals surface area contributed by atoms with E-state index >= 15 is 0 Å². The number of hydrogen-bond acceptors (Lipinski definition) is 3. The SMILES string of the molecule is CC.COC(=O)c1ccc(C2CC3CCC(C2)N3C(=O)C2CC2)cc1F.I. The number of fused-ring (bicyclic) bond motifs is 2. The van der Waals surface area contributed by atoms with Crippen molar-refractivity contribution in [1.82, 2.24) is 4.90 Å². The van der Waals surface area contributed by atoms with E-state index in [1.165, 1.54) is 19.2 Å². The molecule has 27 heavy (non-hydrogen) atoms. The Bertz CT molecular complexity index is 678. The fourth-order valence-corrected chi connectivity index (χ4v) is 4.41. The summed E-state index contributed by atoms with van der Waals surface area (Å²) in [6, 6.07) is 5.41. The van der Waals surface area contributed by atoms with Crippen LogP contribution in [0.3, 0.4) is 0 Å². The van der Waals surface area contributed by atoms with Gasteiger partial charge in [-0.3, -0.25) is 4.79 Å². The van der Waals surface area contributed by atoms with E-state index < -0.39 is 11.8 Å². The highest BCUT2D eigenvalue weighted by atomic mass is 127. The fourth-order valence-electron chi connectivity index (χ4n) is 4.41. The summed E-state index contributed by atoms with van der Waals surface area (Å²) in [6.45, 7) is 4.00. The molecule has 6 heteroatoms. The molecule has 4 rings (SSSR count). The van der Waals surface area contributed by atoms with Gasteiger partial charge in [0.05, 0.1) is 12.7 Å². The summed E-state index contributed by atoms with van der Waals surface area (Å²) >= 11 is 0. The molecule has 0 aromatic heterocycles. The van der Waals surface area contributed by atoms with Crippen LogP contribution in [-0.4, -0.2) is 36.0 Å². The number of amides is 1. The van der Waals surface area contributed by atoms with Gasteiger partial charge in [-0.15, -0.1) is 24.0 Å². The molecule has 1 aromatic carbocycles. The van der Waals surface area contributed by atoms with E-state index in [1.807, 2.05) is 19.9 Å². The van der Waals surface area contributed by atoms with Crippen LogP contribution in [0.2, 0.25) is 0 Å². The van der Waals surface area contributed by atoms with E-state index in [2.05, 4.69) is 9.64 Å². The summed E-state index contributed by atoms with van der Waals surface area (Å²) in [7, 11) is 1.25. The second kappa shape index (κ2) is 9.34. The minimum absolute atomic E-state index is 0. The monoisotopic (exact) mass is 489 g/mol. The molecule has 0 spiro atoms. The molecule has 1 amide bonds. The minimum Gasteiger partial charge on any atom is -0.465 e. The Balaban J connectivity index is 0.000000844. The summed E-state index contributed by atoms with van der Waals surface area (Å²) in [4.78, 5) is 26.1. The van der Waals surface area contributed by atoms with Crippen molar-refractivity contribution in [3.8, 4) is 0 Å². The van der Waals surface area contributed by atoms with Crippen molar-refractivity contribution in [2.75, 3.05) is 7.11 Å². The van der Waals surface area contributed by atoms with Crippen LogP contribution >= 0.6 is 24.0 Å². The number of esters is 1. The van der Waals surface area contributed by atoms with Gasteiger partial charge in [0.15, 0.2) is 0 Å². The predicted octanol–water partition coefficient (Wildman–Crippen LogP) is 4.90. The maximum absolute atomic E-state index is 14.2. The highest BCUT2D eigenvalue weighted by molar-refractivity contribution is 14.0. The molecular weight excluding hydrogens is 460 g/mol. The Hall–Kier alpha value is -1.18. The quantitative estimate of drug-likeness (QED) is 0.448. The van der Waals surface area contributed by atoms with E-state index in [9.17, 15) is 14.0 Å². The van der Waals surface area contributed by atoms with Crippen LogP contribution in [-0.2, 0) is 9.53 Å². The highest BCUT2D eigenvalue weighted by Crippen LogP contribution is 2.45. The molecule has 150 valence electrons. The van der Waals surface area contributed by atoms with Crippen molar-refractivity contribution in [1.29, 1.82) is 0 Å². The average molecular weight is 489 g/mol. The summed E-state index contributed by atoms with van der Waals surface area (Å²) < 4.78 is 18.8. The number of benzene rings is 1. The van der Waals surface area contributed by atoms with Gasteiger partial charge in [-0.2, -0.15) is 0 Å². The van der Waals surface area contributed by atoms with Gasteiger partial charge in [0.2, 0.25) is 5.91 Å². The topological polar surface area (TPSA) is 46.6 Å². The number of carbonyl (C=O) groups excluding carboxylic acids is 2. The van der Waals surface area contributed by atoms with Crippen molar-refractivity contribution in [3.63, 3.8) is 0 Å². The van der Waals surface area contributed by atoms with Crippen LogP contribution in [0, 0.1) is 11.7 Å². The second-order valence-corrected chi connectivity index (χ2v) is 7.30. The summed E-state index contributed by atoms with van der Waals surface area (Å²) in [5.74, 6) is -0.311. The van der Waals surface area contributed by atoms with Gasteiger partial charge in [-0.1, -0.05) is 19.9 Å². The third-order valence-corrected chi connectivity index (χ3v) is 5.78. The number of methoxy groups -OCH3 is 1. The zero-order chi connectivity index (χ0) is 18.8. The number of halogens is 2. The van der Waals surface area contributed by atoms with Crippen molar-refractivity contribution in [2.24, 2.45) is 5.92 Å². The van der Waals surface area contributed by atoms with E-state index in [0.29, 0.717) is 18.0 Å². The Morgan fingerprint density at radius 1 is 1.07 bits per heavy atom. The molecule has 1 aromatic rings. The maximum atomic E-state index is 14.2. The van der Waals surface area contributed by atoms with Crippen LogP contribution in [0.1, 0.15) is 74.2 Å². The molecule has 3 fully saturated rings. The summed E-state index contributed by atoms with van der Waals surface area (Å²) in [6.07, 6.45) is 5.99. The van der Waals surface area contributed by atoms with Crippen molar-refractivity contribution in [3.05, 3.63) is 35.1 Å². The molecule has 1 saturated carbocycles. The molecule has 2 aliphatic heterocycles. The molecule has 2 bridgehead atoms. The van der Waals surface area contributed by atoms with Gasteiger partial charge < -0.3 is 9.64 Å². The molecule has 0 radical (unpaired) electrons. The number of rotatable bonds is 3. The van der Waals surface area contributed by atoms with Gasteiger partial charge in [0.25, 0.3) is 0 Å². The van der Waals surface area contributed by atoms with Gasteiger partial charge >= 0.3 is 5.97 Å². The Morgan fingerprint density at radius 3 is 2.15 bits per heavy atom. The second-order valence-electron chi connectivity index (χ2n) is 7.30. The normalized spacial score (nSPS) is 25.8. The molecule has 4 nitrogen and oxygen atoms in total. The van der Waals surface area contributed by atoms with Gasteiger partial charge in [-0.25, -0.2) is 9.18 Å². The van der Waals surface area contributed by atoms with Crippen molar-refractivity contribution < 1.29 is 18.7 Å². The lowest BCUT2D eigenvalue weighted by Gasteiger charge is -2.39. The first-order valence-corrected chi connectivity index (χ1v) is 9.78. The standard InChI is InChI=1S/C19H22FNO3.C2H6.HI/c1-24-19(23)16-7-4-12(10-17(16)20)13-8-14-5-6-15(9-13)21(14)18(22)11-2-3-11;1-2;/h4,7,10-11,13-15H,2-3,5-6,8-9H2,1H3;1-2H3;1H. The van der Waals surface area contributed by atoms with Crippen LogP contribution < -0.4 is 0 Å². The lowest BCUT2D eigenvalue weighted by Crippen LogP contribution is -2.46. The average Bonchev–Trinajstić information content (AvgIpc) is 3.47. The number of carbonyl (C=O) groups is 2. The lowest BCUT2D eigenvalue weighted by molar-refractivity contribution is -0.137. The third-order valence-electron chi connectivity index (χ3n) is 5.78. The number of piperidine rings is 1. The van der Waals surface area contributed by atoms with Crippen molar-refractivity contribution in [2.45, 2.75) is 70.4 Å². The Labute approximate surface area is 177 Å². The molecule has 2 atom stereocenters. The van der Waals surface area contributed by atoms with E-state index in [-0.39, 0.29) is 41.4 Å². The van der Waals surface area contributed by atoms with E-state index in [1.54, 1.807) is 0 Å². The Kier molecular flexibility index (Phi) is 7.65. The largest absolute Gasteiger partial charge is 0.465 e. The summed E-state index contributed by atoms with van der Waals surface area (Å²) in [5.41, 5.74) is 0.904. The molecule has 1 aliphatic carbocycles. The fraction of sp³-hybridized carbons (Fsp3) is 0.619. The van der Waals surface area contributed by atoms with E-state index in [4.69, 9.17) is 0 Å². The number of hydrogen-bond donors (Lipinski definition) is 0. The Morgan fingerprint density at radius 2 is 1.67 bits per heavy atom.